The maximum atomic E-state index is 5.97. The molecule has 0 saturated carbocycles. The molecule has 88 valence electrons. The number of benzene rings is 1. The smallest absolute Gasteiger partial charge is 0.149 e. The molecule has 0 aliphatic carbocycles. The highest BCUT2D eigenvalue weighted by molar-refractivity contribution is 9.10. The van der Waals surface area contributed by atoms with Crippen LogP contribution >= 0.6 is 27.5 Å². The van der Waals surface area contributed by atoms with Crippen molar-refractivity contribution in [2.75, 3.05) is 0 Å². The molecule has 2 N–H and O–H groups in total. The van der Waals surface area contributed by atoms with E-state index in [0.29, 0.717) is 23.1 Å². The van der Waals surface area contributed by atoms with Crippen LogP contribution in [0.2, 0.25) is 5.02 Å². The first kappa shape index (κ1) is 12.4. The van der Waals surface area contributed by atoms with Gasteiger partial charge in [0.2, 0.25) is 0 Å². The number of nitrogens with two attached hydrogens (primary N) is 1. The van der Waals surface area contributed by atoms with Crippen LogP contribution in [0.25, 0.3) is 0 Å². The highest BCUT2D eigenvalue weighted by atomic mass is 79.9. The first-order valence-corrected chi connectivity index (χ1v) is 6.13. The van der Waals surface area contributed by atoms with Gasteiger partial charge in [0.25, 0.3) is 0 Å². The van der Waals surface area contributed by atoms with Crippen LogP contribution in [0.5, 0.6) is 11.5 Å². The Labute approximate surface area is 113 Å². The first-order valence-electron chi connectivity index (χ1n) is 4.96. The van der Waals surface area contributed by atoms with E-state index in [1.54, 1.807) is 12.3 Å². The zero-order chi connectivity index (χ0) is 12.3. The molecular formula is C12H10BrClN2O. The van der Waals surface area contributed by atoms with Gasteiger partial charge in [-0.15, -0.1) is 0 Å². The van der Waals surface area contributed by atoms with Gasteiger partial charge < -0.3 is 10.5 Å². The lowest BCUT2D eigenvalue weighted by Gasteiger charge is -2.11. The van der Waals surface area contributed by atoms with Crippen LogP contribution in [0.1, 0.15) is 5.56 Å². The molecule has 5 heteroatoms. The second kappa shape index (κ2) is 5.49. The van der Waals surface area contributed by atoms with Crippen LogP contribution in [0.3, 0.4) is 0 Å². The maximum Gasteiger partial charge on any atom is 0.149 e. The second-order valence-corrected chi connectivity index (χ2v) is 4.69. The minimum Gasteiger partial charge on any atom is -0.455 e. The van der Waals surface area contributed by atoms with E-state index in [2.05, 4.69) is 20.9 Å². The highest BCUT2D eigenvalue weighted by Gasteiger charge is 2.07. The molecule has 0 atom stereocenters. The Morgan fingerprint density at radius 1 is 1.29 bits per heavy atom. The van der Waals surface area contributed by atoms with E-state index in [-0.39, 0.29) is 0 Å². The quantitative estimate of drug-likeness (QED) is 0.939. The summed E-state index contributed by atoms with van der Waals surface area (Å²) in [7, 11) is 0. The molecule has 3 nitrogen and oxygen atoms in total. The van der Waals surface area contributed by atoms with Crippen LogP contribution in [-0.4, -0.2) is 4.98 Å². The summed E-state index contributed by atoms with van der Waals surface area (Å²) in [5, 5.41) is 0.471. The number of ether oxygens (including phenoxy) is 1. The zero-order valence-electron chi connectivity index (χ0n) is 8.86. The number of hydrogen-bond donors (Lipinski definition) is 1. The lowest BCUT2D eigenvalue weighted by molar-refractivity contribution is 0.476. The predicted octanol–water partition coefficient (Wildman–Crippen LogP) is 3.75. The van der Waals surface area contributed by atoms with Crippen molar-refractivity contribution in [2.24, 2.45) is 5.73 Å². The summed E-state index contributed by atoms with van der Waals surface area (Å²) in [6.45, 7) is 0.400. The molecule has 1 aromatic carbocycles. The third-order valence-electron chi connectivity index (χ3n) is 2.20. The molecule has 0 amide bonds. The van der Waals surface area contributed by atoms with Crippen molar-refractivity contribution < 1.29 is 4.74 Å². The average Bonchev–Trinajstić information content (AvgIpc) is 2.34. The summed E-state index contributed by atoms with van der Waals surface area (Å²) in [5.74, 6) is 1.27. The molecule has 1 heterocycles. The van der Waals surface area contributed by atoms with Crippen LogP contribution in [0.4, 0.5) is 0 Å². The van der Waals surface area contributed by atoms with Crippen molar-refractivity contribution in [3.8, 4) is 11.5 Å². The fourth-order valence-corrected chi connectivity index (χ4v) is 1.94. The Bertz CT molecular complexity index is 534. The Kier molecular flexibility index (Phi) is 3.99. The van der Waals surface area contributed by atoms with Crippen molar-refractivity contribution in [3.63, 3.8) is 0 Å². The Morgan fingerprint density at radius 3 is 2.82 bits per heavy atom. The number of halogens is 2. The lowest BCUT2D eigenvalue weighted by Crippen LogP contribution is -1.99. The van der Waals surface area contributed by atoms with E-state index in [0.717, 1.165) is 10.0 Å². The molecule has 0 fully saturated rings. The van der Waals surface area contributed by atoms with Gasteiger partial charge >= 0.3 is 0 Å². The number of hydrogen-bond acceptors (Lipinski definition) is 3. The van der Waals surface area contributed by atoms with E-state index in [1.165, 1.54) is 6.20 Å². The standard InChI is InChI=1S/C12H10BrClN2O/c13-9-1-2-11(8(5-9)6-15)17-12-3-4-16-7-10(12)14/h1-5,7H,6,15H2. The maximum absolute atomic E-state index is 5.97. The third kappa shape index (κ3) is 2.97. The van der Waals surface area contributed by atoms with Gasteiger partial charge in [-0.2, -0.15) is 0 Å². The van der Waals surface area contributed by atoms with Crippen LogP contribution < -0.4 is 10.5 Å². The molecule has 0 aliphatic heterocycles. The van der Waals surface area contributed by atoms with E-state index < -0.39 is 0 Å². The summed E-state index contributed by atoms with van der Waals surface area (Å²) in [6.07, 6.45) is 3.17. The minimum atomic E-state index is 0.400. The van der Waals surface area contributed by atoms with E-state index >= 15 is 0 Å². The SMILES string of the molecule is NCc1cc(Br)ccc1Oc1ccncc1Cl. The van der Waals surface area contributed by atoms with Crippen molar-refractivity contribution >= 4 is 27.5 Å². The number of pyridine rings is 1. The summed E-state index contributed by atoms with van der Waals surface area (Å²) < 4.78 is 6.68. The Hall–Kier alpha value is -1.10. The van der Waals surface area contributed by atoms with Gasteiger partial charge in [-0.3, -0.25) is 4.98 Å². The van der Waals surface area contributed by atoms with E-state index in [4.69, 9.17) is 22.1 Å². The van der Waals surface area contributed by atoms with E-state index in [9.17, 15) is 0 Å². The minimum absolute atomic E-state index is 0.400. The fourth-order valence-electron chi connectivity index (χ4n) is 1.37. The van der Waals surface area contributed by atoms with Crippen molar-refractivity contribution in [1.82, 2.24) is 4.98 Å². The summed E-state index contributed by atoms with van der Waals surface area (Å²) >= 11 is 9.36. The average molecular weight is 314 g/mol. The van der Waals surface area contributed by atoms with E-state index in [1.807, 2.05) is 18.2 Å². The van der Waals surface area contributed by atoms with Gasteiger partial charge in [0, 0.05) is 35.0 Å². The normalized spacial score (nSPS) is 10.3. The van der Waals surface area contributed by atoms with Crippen molar-refractivity contribution in [2.45, 2.75) is 6.54 Å². The van der Waals surface area contributed by atoms with Crippen molar-refractivity contribution in [1.29, 1.82) is 0 Å². The largest absolute Gasteiger partial charge is 0.455 e. The molecule has 0 radical (unpaired) electrons. The van der Waals surface area contributed by atoms with Crippen molar-refractivity contribution in [3.05, 3.63) is 51.7 Å². The molecule has 2 rings (SSSR count). The molecule has 2 aromatic rings. The molecule has 0 saturated heterocycles. The molecular weight excluding hydrogens is 304 g/mol. The summed E-state index contributed by atoms with van der Waals surface area (Å²) in [5.41, 5.74) is 6.57. The first-order chi connectivity index (χ1) is 8.20. The monoisotopic (exact) mass is 312 g/mol. The zero-order valence-corrected chi connectivity index (χ0v) is 11.2. The summed E-state index contributed by atoms with van der Waals surface area (Å²) in [6, 6.07) is 7.38. The van der Waals surface area contributed by atoms with Gasteiger partial charge in [-0.25, -0.2) is 0 Å². The van der Waals surface area contributed by atoms with Crippen LogP contribution in [-0.2, 0) is 6.54 Å². The lowest BCUT2D eigenvalue weighted by atomic mass is 10.2. The van der Waals surface area contributed by atoms with Gasteiger partial charge in [-0.1, -0.05) is 27.5 Å². The van der Waals surface area contributed by atoms with Crippen LogP contribution in [0, 0.1) is 0 Å². The molecule has 17 heavy (non-hydrogen) atoms. The number of rotatable bonds is 3. The van der Waals surface area contributed by atoms with Gasteiger partial charge in [0.15, 0.2) is 0 Å². The number of aromatic nitrogens is 1. The Morgan fingerprint density at radius 2 is 2.12 bits per heavy atom. The van der Waals surface area contributed by atoms with Crippen LogP contribution in [0.15, 0.2) is 41.1 Å². The molecule has 0 bridgehead atoms. The fraction of sp³-hybridized carbons (Fsp3) is 0.0833. The predicted molar refractivity (Wildman–Crippen MR) is 71.4 cm³/mol. The number of nitrogens with zero attached hydrogens (tertiary/aromatic N) is 1. The van der Waals surface area contributed by atoms with Gasteiger partial charge in [-0.05, 0) is 18.2 Å². The van der Waals surface area contributed by atoms with Gasteiger partial charge in [0.1, 0.15) is 16.5 Å². The third-order valence-corrected chi connectivity index (χ3v) is 2.97. The Balaban J connectivity index is 2.33. The molecule has 1 aromatic heterocycles. The topological polar surface area (TPSA) is 48.1 Å². The van der Waals surface area contributed by atoms with Gasteiger partial charge in [0.05, 0.1) is 0 Å². The molecule has 0 unspecified atom stereocenters. The molecule has 0 aliphatic rings. The molecule has 0 spiro atoms. The highest BCUT2D eigenvalue weighted by Crippen LogP contribution is 2.31. The summed E-state index contributed by atoms with van der Waals surface area (Å²) in [4.78, 5) is 3.90. The second-order valence-electron chi connectivity index (χ2n) is 3.36.